The number of ether oxygens (including phenoxy) is 2. The third kappa shape index (κ3) is 4.42. The van der Waals surface area contributed by atoms with Crippen LogP contribution in [0, 0.1) is 0 Å². The maximum atomic E-state index is 10.5. The van der Waals surface area contributed by atoms with E-state index in [0.717, 1.165) is 12.8 Å². The Kier molecular flexibility index (Phi) is 4.14. The Labute approximate surface area is 85.1 Å². The summed E-state index contributed by atoms with van der Waals surface area (Å²) < 4.78 is 10.1. The summed E-state index contributed by atoms with van der Waals surface area (Å²) in [6.07, 6.45) is 4.94. The summed E-state index contributed by atoms with van der Waals surface area (Å²) in [7, 11) is 0. The van der Waals surface area contributed by atoms with Crippen LogP contribution < -0.4 is 0 Å². The number of esters is 1. The second kappa shape index (κ2) is 5.15. The number of epoxide rings is 1. The molecule has 0 saturated carbocycles. The lowest BCUT2D eigenvalue weighted by atomic mass is 10.1. The highest BCUT2D eigenvalue weighted by molar-refractivity contribution is 5.66. The maximum absolute atomic E-state index is 10.5. The van der Waals surface area contributed by atoms with Crippen LogP contribution in [0.4, 0.5) is 0 Å². The highest BCUT2D eigenvalue weighted by Crippen LogP contribution is 2.26. The first-order valence-corrected chi connectivity index (χ1v) is 5.04. The van der Waals surface area contributed by atoms with Gasteiger partial charge in [0.1, 0.15) is 6.61 Å². The molecule has 3 heteroatoms. The molecular formula is C11H18O3. The average Bonchev–Trinajstić information content (AvgIpc) is 2.78. The van der Waals surface area contributed by atoms with Crippen molar-refractivity contribution in [3.8, 4) is 0 Å². The summed E-state index contributed by atoms with van der Waals surface area (Å²) in [6.45, 7) is 5.95. The molecule has 1 aliphatic rings. The molecular weight excluding hydrogens is 180 g/mol. The number of hydrogen-bond donors (Lipinski definition) is 0. The van der Waals surface area contributed by atoms with Gasteiger partial charge in [-0.05, 0) is 32.8 Å². The van der Waals surface area contributed by atoms with E-state index in [9.17, 15) is 4.79 Å². The molecule has 2 unspecified atom stereocenters. The van der Waals surface area contributed by atoms with Crippen molar-refractivity contribution < 1.29 is 14.3 Å². The summed E-state index contributed by atoms with van der Waals surface area (Å²) in [4.78, 5) is 10.5. The predicted octanol–water partition coefficient (Wildman–Crippen LogP) is 2.06. The molecule has 14 heavy (non-hydrogen) atoms. The van der Waals surface area contributed by atoms with Crippen LogP contribution in [0.5, 0.6) is 0 Å². The van der Waals surface area contributed by atoms with Crippen molar-refractivity contribution >= 4 is 5.97 Å². The van der Waals surface area contributed by atoms with Crippen LogP contribution in [0.25, 0.3) is 0 Å². The fourth-order valence-corrected chi connectivity index (χ4v) is 1.31. The maximum Gasteiger partial charge on any atom is 0.302 e. The van der Waals surface area contributed by atoms with Gasteiger partial charge in [0, 0.05) is 6.92 Å². The molecule has 0 aromatic heterocycles. The lowest BCUT2D eigenvalue weighted by Gasteiger charge is -2.00. The van der Waals surface area contributed by atoms with Crippen LogP contribution in [0.1, 0.15) is 33.6 Å². The quantitative estimate of drug-likeness (QED) is 0.385. The summed E-state index contributed by atoms with van der Waals surface area (Å²) >= 11 is 0. The Hall–Kier alpha value is -0.830. The topological polar surface area (TPSA) is 38.8 Å². The monoisotopic (exact) mass is 198 g/mol. The van der Waals surface area contributed by atoms with E-state index in [-0.39, 0.29) is 5.97 Å². The molecule has 1 rings (SSSR count). The van der Waals surface area contributed by atoms with E-state index in [1.54, 1.807) is 0 Å². The van der Waals surface area contributed by atoms with Crippen LogP contribution >= 0.6 is 0 Å². The fraction of sp³-hybridized carbons (Fsp3) is 0.727. The molecule has 0 N–H and O–H groups in total. The zero-order chi connectivity index (χ0) is 10.6. The molecule has 80 valence electrons. The Morgan fingerprint density at radius 3 is 2.64 bits per heavy atom. The Morgan fingerprint density at radius 1 is 1.50 bits per heavy atom. The predicted molar refractivity (Wildman–Crippen MR) is 54.0 cm³/mol. The molecule has 0 aliphatic carbocycles. The first-order chi connectivity index (χ1) is 6.59. The van der Waals surface area contributed by atoms with E-state index in [1.165, 1.54) is 12.5 Å². The molecule has 1 saturated heterocycles. The first kappa shape index (κ1) is 11.2. The van der Waals surface area contributed by atoms with Gasteiger partial charge in [-0.3, -0.25) is 4.79 Å². The molecule has 2 atom stereocenters. The van der Waals surface area contributed by atoms with Gasteiger partial charge in [0.2, 0.25) is 0 Å². The second-order valence-corrected chi connectivity index (χ2v) is 3.77. The van der Waals surface area contributed by atoms with Crippen LogP contribution in [-0.4, -0.2) is 24.8 Å². The van der Waals surface area contributed by atoms with Crippen LogP contribution in [0.15, 0.2) is 11.6 Å². The zero-order valence-electron chi connectivity index (χ0n) is 9.08. The van der Waals surface area contributed by atoms with Crippen molar-refractivity contribution in [3.63, 3.8) is 0 Å². The Balaban J connectivity index is 2.07. The van der Waals surface area contributed by atoms with Gasteiger partial charge in [0.05, 0.1) is 12.2 Å². The highest BCUT2D eigenvalue weighted by atomic mass is 16.6. The van der Waals surface area contributed by atoms with Gasteiger partial charge in [0.25, 0.3) is 0 Å². The number of carbonyl (C=O) groups is 1. The Morgan fingerprint density at radius 2 is 2.14 bits per heavy atom. The molecule has 0 aromatic carbocycles. The number of allylic oxidation sites excluding steroid dienone is 1. The summed E-state index contributed by atoms with van der Waals surface area (Å²) in [5.41, 5.74) is 1.26. The van der Waals surface area contributed by atoms with Gasteiger partial charge in [-0.1, -0.05) is 5.57 Å². The minimum atomic E-state index is -0.229. The molecule has 0 bridgehead atoms. The Bertz CT molecular complexity index is 233. The van der Waals surface area contributed by atoms with Crippen molar-refractivity contribution in [3.05, 3.63) is 11.6 Å². The summed E-state index contributed by atoms with van der Waals surface area (Å²) in [5, 5.41) is 0. The van der Waals surface area contributed by atoms with Crippen molar-refractivity contribution in [2.24, 2.45) is 0 Å². The van der Waals surface area contributed by atoms with Crippen LogP contribution in [-0.2, 0) is 14.3 Å². The number of rotatable bonds is 5. The van der Waals surface area contributed by atoms with Crippen molar-refractivity contribution in [2.45, 2.75) is 45.8 Å². The highest BCUT2D eigenvalue weighted by Gasteiger charge is 2.32. The van der Waals surface area contributed by atoms with E-state index in [0.29, 0.717) is 18.8 Å². The molecule has 1 aliphatic heterocycles. The average molecular weight is 198 g/mol. The lowest BCUT2D eigenvalue weighted by Crippen LogP contribution is -1.98. The zero-order valence-corrected chi connectivity index (χ0v) is 9.08. The van der Waals surface area contributed by atoms with Gasteiger partial charge in [-0.25, -0.2) is 0 Å². The van der Waals surface area contributed by atoms with Crippen molar-refractivity contribution in [1.82, 2.24) is 0 Å². The first-order valence-electron chi connectivity index (χ1n) is 5.04. The van der Waals surface area contributed by atoms with Crippen molar-refractivity contribution in [1.29, 1.82) is 0 Å². The summed E-state index contributed by atoms with van der Waals surface area (Å²) in [6, 6.07) is 0. The normalized spacial score (nSPS) is 26.1. The second-order valence-electron chi connectivity index (χ2n) is 3.77. The van der Waals surface area contributed by atoms with Crippen molar-refractivity contribution in [2.75, 3.05) is 6.61 Å². The molecule has 1 heterocycles. The van der Waals surface area contributed by atoms with Gasteiger partial charge < -0.3 is 9.47 Å². The standard InChI is InChI=1S/C11H18O3/c1-8(6-7-13-10(3)12)4-5-11-9(2)14-11/h6,9,11H,4-5,7H2,1-3H3. The third-order valence-electron chi connectivity index (χ3n) is 2.38. The summed E-state index contributed by atoms with van der Waals surface area (Å²) in [5.74, 6) is -0.229. The molecule has 0 aromatic rings. The molecule has 1 fully saturated rings. The van der Waals surface area contributed by atoms with Crippen LogP contribution in [0.2, 0.25) is 0 Å². The SMILES string of the molecule is CC(=O)OCC=C(C)CCC1OC1C. The lowest BCUT2D eigenvalue weighted by molar-refractivity contribution is -0.139. The molecule has 0 amide bonds. The molecule has 3 nitrogen and oxygen atoms in total. The minimum Gasteiger partial charge on any atom is -0.462 e. The minimum absolute atomic E-state index is 0.229. The van der Waals surface area contributed by atoms with Crippen LogP contribution in [0.3, 0.4) is 0 Å². The van der Waals surface area contributed by atoms with E-state index in [2.05, 4.69) is 13.8 Å². The largest absolute Gasteiger partial charge is 0.462 e. The van der Waals surface area contributed by atoms with E-state index in [1.807, 2.05) is 6.08 Å². The molecule has 0 spiro atoms. The molecule has 0 radical (unpaired) electrons. The third-order valence-corrected chi connectivity index (χ3v) is 2.38. The van der Waals surface area contributed by atoms with Gasteiger partial charge in [-0.2, -0.15) is 0 Å². The van der Waals surface area contributed by atoms with E-state index < -0.39 is 0 Å². The smallest absolute Gasteiger partial charge is 0.302 e. The number of hydrogen-bond acceptors (Lipinski definition) is 3. The van der Waals surface area contributed by atoms with E-state index in [4.69, 9.17) is 9.47 Å². The number of carbonyl (C=O) groups excluding carboxylic acids is 1. The fourth-order valence-electron chi connectivity index (χ4n) is 1.31. The van der Waals surface area contributed by atoms with Gasteiger partial charge in [-0.15, -0.1) is 0 Å². The van der Waals surface area contributed by atoms with Gasteiger partial charge in [0.15, 0.2) is 0 Å². The van der Waals surface area contributed by atoms with Gasteiger partial charge >= 0.3 is 5.97 Å². The van der Waals surface area contributed by atoms with E-state index >= 15 is 0 Å².